The first-order chi connectivity index (χ1) is 21.7. The standard InChI is InChI=1S/C35H48BrN3O7/c1-8-10-16-26(41)37-19-25(22-14-12-11-13-15-22)45-33(44)27-28-31(42)39(24(20-40)21(3)4)30(35(28)18-23(36)29(27)46-35)32(43)38(17-9-2)34(5,6)7/h8-9,11-15,21,23-25,27-30,40H,1-2,10,16-20H2,3-7H3,(H,37,41)/t23?,24-,25-,27-,28+,29-,30-,35+/m0/s1. The van der Waals surface area contributed by atoms with Crippen molar-refractivity contribution in [1.29, 1.82) is 0 Å². The summed E-state index contributed by atoms with van der Waals surface area (Å²) in [6, 6.07) is 7.36. The summed E-state index contributed by atoms with van der Waals surface area (Å²) < 4.78 is 12.8. The van der Waals surface area contributed by atoms with Crippen LogP contribution in [0.1, 0.15) is 65.5 Å². The lowest BCUT2D eigenvalue weighted by molar-refractivity contribution is -0.161. The minimum Gasteiger partial charge on any atom is -0.455 e. The van der Waals surface area contributed by atoms with Crippen molar-refractivity contribution < 1.29 is 33.8 Å². The van der Waals surface area contributed by atoms with Crippen molar-refractivity contribution in [2.75, 3.05) is 19.7 Å². The van der Waals surface area contributed by atoms with Crippen molar-refractivity contribution in [1.82, 2.24) is 15.1 Å². The third kappa shape index (κ3) is 6.69. The molecule has 252 valence electrons. The third-order valence-electron chi connectivity index (χ3n) is 9.42. The lowest BCUT2D eigenvalue weighted by atomic mass is 9.70. The zero-order valence-corrected chi connectivity index (χ0v) is 29.1. The average molecular weight is 703 g/mol. The van der Waals surface area contributed by atoms with E-state index in [0.29, 0.717) is 18.4 Å². The van der Waals surface area contributed by atoms with Gasteiger partial charge in [-0.05, 0) is 45.1 Å². The number of benzene rings is 1. The van der Waals surface area contributed by atoms with Crippen LogP contribution in [0.5, 0.6) is 0 Å². The normalized spacial score (nSPS) is 28.0. The quantitative estimate of drug-likeness (QED) is 0.171. The van der Waals surface area contributed by atoms with Gasteiger partial charge in [0.1, 0.15) is 17.7 Å². The number of hydrogen-bond donors (Lipinski definition) is 2. The summed E-state index contributed by atoms with van der Waals surface area (Å²) in [4.78, 5) is 58.7. The summed E-state index contributed by atoms with van der Waals surface area (Å²) in [5, 5.41) is 13.4. The van der Waals surface area contributed by atoms with Crippen LogP contribution in [0.3, 0.4) is 0 Å². The molecule has 3 saturated heterocycles. The Balaban J connectivity index is 1.73. The van der Waals surface area contributed by atoms with Gasteiger partial charge in [-0.2, -0.15) is 0 Å². The highest BCUT2D eigenvalue weighted by Crippen LogP contribution is 2.61. The molecule has 3 heterocycles. The molecule has 1 aromatic rings. The Labute approximate surface area is 280 Å². The van der Waals surface area contributed by atoms with Crippen LogP contribution in [0.4, 0.5) is 0 Å². The summed E-state index contributed by atoms with van der Waals surface area (Å²) in [5.74, 6) is -3.75. The van der Waals surface area contributed by atoms with Gasteiger partial charge in [0.2, 0.25) is 17.7 Å². The second kappa shape index (κ2) is 14.4. The number of nitrogens with zero attached hydrogens (tertiary/aromatic N) is 2. The molecular weight excluding hydrogens is 654 g/mol. The van der Waals surface area contributed by atoms with E-state index in [0.717, 1.165) is 0 Å². The summed E-state index contributed by atoms with van der Waals surface area (Å²) >= 11 is 3.71. The third-order valence-corrected chi connectivity index (χ3v) is 10.3. The van der Waals surface area contributed by atoms with Gasteiger partial charge in [0.15, 0.2) is 0 Å². The van der Waals surface area contributed by atoms with Gasteiger partial charge in [-0.1, -0.05) is 72.3 Å². The number of hydrogen-bond acceptors (Lipinski definition) is 7. The number of rotatable bonds is 14. The summed E-state index contributed by atoms with van der Waals surface area (Å²) in [6.07, 6.45) is 2.87. The van der Waals surface area contributed by atoms with Crippen molar-refractivity contribution in [2.24, 2.45) is 17.8 Å². The average Bonchev–Trinajstić information content (AvgIpc) is 3.60. The van der Waals surface area contributed by atoms with Crippen LogP contribution in [0.25, 0.3) is 0 Å². The van der Waals surface area contributed by atoms with Crippen LogP contribution in [0, 0.1) is 17.8 Å². The number of carbonyl (C=O) groups is 4. The molecule has 0 aliphatic carbocycles. The number of fused-ring (bicyclic) bond motifs is 1. The fourth-order valence-corrected chi connectivity index (χ4v) is 8.15. The van der Waals surface area contributed by atoms with Crippen LogP contribution in [-0.4, -0.2) is 92.4 Å². The van der Waals surface area contributed by atoms with E-state index in [4.69, 9.17) is 9.47 Å². The van der Waals surface area contributed by atoms with Gasteiger partial charge in [0, 0.05) is 23.3 Å². The van der Waals surface area contributed by atoms with E-state index in [1.165, 1.54) is 4.90 Å². The number of ether oxygens (including phenoxy) is 2. The molecule has 10 nitrogen and oxygen atoms in total. The molecule has 8 atom stereocenters. The van der Waals surface area contributed by atoms with E-state index in [1.807, 2.05) is 65.0 Å². The number of likely N-dealkylation sites (tertiary alicyclic amines) is 1. The highest BCUT2D eigenvalue weighted by molar-refractivity contribution is 9.09. The predicted molar refractivity (Wildman–Crippen MR) is 178 cm³/mol. The van der Waals surface area contributed by atoms with Crippen LogP contribution in [-0.2, 0) is 28.7 Å². The van der Waals surface area contributed by atoms with Crippen LogP contribution >= 0.6 is 15.9 Å². The smallest absolute Gasteiger partial charge is 0.313 e. The maximum absolute atomic E-state index is 14.6. The van der Waals surface area contributed by atoms with Gasteiger partial charge in [-0.15, -0.1) is 13.2 Å². The van der Waals surface area contributed by atoms with Crippen molar-refractivity contribution in [3.8, 4) is 0 Å². The second-order valence-electron chi connectivity index (χ2n) is 13.8. The summed E-state index contributed by atoms with van der Waals surface area (Å²) in [7, 11) is 0. The van der Waals surface area contributed by atoms with Crippen molar-refractivity contribution in [3.05, 3.63) is 61.2 Å². The number of esters is 1. The zero-order valence-electron chi connectivity index (χ0n) is 27.5. The number of nitrogens with one attached hydrogen (secondary N) is 1. The molecule has 1 spiro atoms. The number of aliphatic hydroxyl groups is 1. The fraction of sp³-hybridized carbons (Fsp3) is 0.600. The number of halogens is 1. The van der Waals surface area contributed by atoms with Crippen LogP contribution < -0.4 is 5.32 Å². The van der Waals surface area contributed by atoms with Crippen molar-refractivity contribution >= 4 is 39.6 Å². The van der Waals surface area contributed by atoms with E-state index in [-0.39, 0.29) is 48.7 Å². The summed E-state index contributed by atoms with van der Waals surface area (Å²) in [6.45, 7) is 16.9. The number of allylic oxidation sites excluding steroid dienone is 1. The van der Waals surface area contributed by atoms with E-state index in [2.05, 4.69) is 34.4 Å². The highest BCUT2D eigenvalue weighted by Gasteiger charge is 2.78. The molecule has 3 aliphatic rings. The molecule has 0 aromatic heterocycles. The van der Waals surface area contributed by atoms with E-state index >= 15 is 0 Å². The molecular formula is C35H48BrN3O7. The summed E-state index contributed by atoms with van der Waals surface area (Å²) in [5.41, 5.74) is -1.24. The second-order valence-corrected chi connectivity index (χ2v) is 15.0. The Morgan fingerprint density at radius 3 is 2.46 bits per heavy atom. The molecule has 1 unspecified atom stereocenters. The van der Waals surface area contributed by atoms with E-state index in [1.54, 1.807) is 17.1 Å². The molecule has 1 aromatic carbocycles. The molecule has 3 aliphatic heterocycles. The molecule has 46 heavy (non-hydrogen) atoms. The number of aliphatic hydroxyl groups excluding tert-OH is 1. The van der Waals surface area contributed by atoms with Crippen molar-refractivity contribution in [2.45, 2.75) is 94.1 Å². The zero-order chi connectivity index (χ0) is 34.0. The molecule has 4 rings (SSSR count). The lowest BCUT2D eigenvalue weighted by Crippen LogP contribution is -2.62. The maximum atomic E-state index is 14.6. The van der Waals surface area contributed by atoms with E-state index < -0.39 is 59.1 Å². The first kappa shape index (κ1) is 35.8. The minimum absolute atomic E-state index is 0.0424. The largest absolute Gasteiger partial charge is 0.455 e. The number of alkyl halides is 1. The van der Waals surface area contributed by atoms with Gasteiger partial charge in [0.05, 0.1) is 37.1 Å². The maximum Gasteiger partial charge on any atom is 0.313 e. The monoisotopic (exact) mass is 701 g/mol. The molecule has 0 radical (unpaired) electrons. The predicted octanol–water partition coefficient (Wildman–Crippen LogP) is 3.93. The fourth-order valence-electron chi connectivity index (χ4n) is 7.21. The van der Waals surface area contributed by atoms with Gasteiger partial charge < -0.3 is 29.7 Å². The molecule has 0 saturated carbocycles. The Morgan fingerprint density at radius 2 is 1.89 bits per heavy atom. The Bertz CT molecular complexity index is 1310. The van der Waals surface area contributed by atoms with E-state index in [9.17, 15) is 24.3 Å². The molecule has 2 N–H and O–H groups in total. The molecule has 2 bridgehead atoms. The molecule has 3 amide bonds. The van der Waals surface area contributed by atoms with Gasteiger partial charge in [0.25, 0.3) is 0 Å². The Kier molecular flexibility index (Phi) is 11.2. The van der Waals surface area contributed by atoms with Crippen LogP contribution in [0.15, 0.2) is 55.6 Å². The SMILES string of the molecule is C=CCCC(=O)NC[C@H](OC(=O)[C@@H]1[C@H]2O[C@@]3(CC2Br)[C@H](C(=O)N(CC=C)C(C)(C)C)N([C@@H](CO)C(C)C)C(=O)[C@@H]13)c1ccccc1. The van der Waals surface area contributed by atoms with Gasteiger partial charge in [-0.25, -0.2) is 0 Å². The van der Waals surface area contributed by atoms with Crippen molar-refractivity contribution in [3.63, 3.8) is 0 Å². The van der Waals surface area contributed by atoms with Gasteiger partial charge in [-0.3, -0.25) is 19.2 Å². The molecule has 3 fully saturated rings. The Hall–Kier alpha value is -3.02. The van der Waals surface area contributed by atoms with Crippen LogP contribution in [0.2, 0.25) is 0 Å². The number of amides is 3. The lowest BCUT2D eigenvalue weighted by Gasteiger charge is -2.44. The number of carbonyl (C=O) groups excluding carboxylic acids is 4. The highest BCUT2D eigenvalue weighted by atomic mass is 79.9. The topological polar surface area (TPSA) is 125 Å². The first-order valence-electron chi connectivity index (χ1n) is 16.0. The van der Waals surface area contributed by atoms with Gasteiger partial charge >= 0.3 is 5.97 Å². The molecule has 11 heteroatoms. The minimum atomic E-state index is -1.31. The Morgan fingerprint density at radius 1 is 1.22 bits per heavy atom. The first-order valence-corrected chi connectivity index (χ1v) is 16.9.